The molecule has 0 aromatic rings. The van der Waals surface area contributed by atoms with Gasteiger partial charge in [-0.1, -0.05) is 25.5 Å². The van der Waals surface area contributed by atoms with Crippen molar-refractivity contribution in [3.63, 3.8) is 0 Å². The molecule has 0 atom stereocenters. The maximum absolute atomic E-state index is 11.6. The highest BCUT2D eigenvalue weighted by molar-refractivity contribution is 5.73. The van der Waals surface area contributed by atoms with Gasteiger partial charge in [0.25, 0.3) is 0 Å². The summed E-state index contributed by atoms with van der Waals surface area (Å²) in [6.07, 6.45) is 8.94. The number of allylic oxidation sites excluding steroid dienone is 1. The summed E-state index contributed by atoms with van der Waals surface area (Å²) in [5.74, 6) is 0. The summed E-state index contributed by atoms with van der Waals surface area (Å²) in [6.45, 7) is 5.53. The predicted molar refractivity (Wildman–Crippen MR) is 78.1 cm³/mol. The quantitative estimate of drug-likeness (QED) is 0.621. The van der Waals surface area contributed by atoms with Crippen LogP contribution in [0, 0.1) is 5.41 Å². The second-order valence-electron chi connectivity index (χ2n) is 6.11. The standard InChI is InChI=1S/C15H28N2O2/c1-15(2,9-11-18)12-17-14(19)16-10-8-13-6-4-3-5-7-13/h6,18H,3-5,7-12H2,1-2H3,(H2,16,17,19). The van der Waals surface area contributed by atoms with Gasteiger partial charge in [0.15, 0.2) is 0 Å². The van der Waals surface area contributed by atoms with E-state index in [9.17, 15) is 4.79 Å². The third-order valence-corrected chi connectivity index (χ3v) is 3.63. The van der Waals surface area contributed by atoms with Crippen LogP contribution in [0.15, 0.2) is 11.6 Å². The van der Waals surface area contributed by atoms with E-state index in [0.29, 0.717) is 19.5 Å². The second-order valence-corrected chi connectivity index (χ2v) is 6.11. The molecule has 0 saturated heterocycles. The van der Waals surface area contributed by atoms with Gasteiger partial charge in [0, 0.05) is 19.7 Å². The molecule has 4 heteroatoms. The molecule has 0 radical (unpaired) electrons. The number of carbonyl (C=O) groups is 1. The van der Waals surface area contributed by atoms with E-state index in [1.54, 1.807) is 0 Å². The Hall–Kier alpha value is -1.03. The van der Waals surface area contributed by atoms with Crippen LogP contribution in [0.3, 0.4) is 0 Å². The summed E-state index contributed by atoms with van der Waals surface area (Å²) in [5, 5.41) is 14.7. The smallest absolute Gasteiger partial charge is 0.314 e. The van der Waals surface area contributed by atoms with Crippen molar-refractivity contribution in [3.05, 3.63) is 11.6 Å². The lowest BCUT2D eigenvalue weighted by Crippen LogP contribution is -2.41. The average molecular weight is 268 g/mol. The molecule has 0 aromatic carbocycles. The highest BCUT2D eigenvalue weighted by Gasteiger charge is 2.17. The van der Waals surface area contributed by atoms with Crippen LogP contribution in [0.1, 0.15) is 52.4 Å². The Kier molecular flexibility index (Phi) is 6.92. The minimum Gasteiger partial charge on any atom is -0.396 e. The minimum absolute atomic E-state index is 0.0576. The summed E-state index contributed by atoms with van der Waals surface area (Å²) in [7, 11) is 0. The van der Waals surface area contributed by atoms with E-state index in [-0.39, 0.29) is 18.1 Å². The van der Waals surface area contributed by atoms with Gasteiger partial charge in [-0.05, 0) is 43.9 Å². The maximum Gasteiger partial charge on any atom is 0.314 e. The highest BCUT2D eigenvalue weighted by atomic mass is 16.3. The Morgan fingerprint density at radius 3 is 2.79 bits per heavy atom. The van der Waals surface area contributed by atoms with E-state index >= 15 is 0 Å². The number of hydrogen-bond donors (Lipinski definition) is 3. The van der Waals surface area contributed by atoms with E-state index in [1.807, 2.05) is 13.8 Å². The number of carbonyl (C=O) groups excluding carboxylic acids is 1. The van der Waals surface area contributed by atoms with Crippen LogP contribution in [0.4, 0.5) is 4.79 Å². The highest BCUT2D eigenvalue weighted by Crippen LogP contribution is 2.19. The zero-order valence-electron chi connectivity index (χ0n) is 12.3. The van der Waals surface area contributed by atoms with Crippen molar-refractivity contribution in [2.24, 2.45) is 5.41 Å². The van der Waals surface area contributed by atoms with Gasteiger partial charge in [-0.3, -0.25) is 0 Å². The second kappa shape index (κ2) is 8.20. The van der Waals surface area contributed by atoms with Crippen LogP contribution in [0.2, 0.25) is 0 Å². The van der Waals surface area contributed by atoms with Gasteiger partial charge in [0.2, 0.25) is 0 Å². The molecule has 110 valence electrons. The zero-order valence-corrected chi connectivity index (χ0v) is 12.3. The third-order valence-electron chi connectivity index (χ3n) is 3.63. The molecule has 0 spiro atoms. The fourth-order valence-electron chi connectivity index (χ4n) is 2.24. The maximum atomic E-state index is 11.6. The van der Waals surface area contributed by atoms with Gasteiger partial charge in [-0.15, -0.1) is 0 Å². The molecular formula is C15H28N2O2. The molecule has 1 aliphatic carbocycles. The fraction of sp³-hybridized carbons (Fsp3) is 0.800. The lowest BCUT2D eigenvalue weighted by molar-refractivity contribution is 0.201. The van der Waals surface area contributed by atoms with Crippen molar-refractivity contribution < 1.29 is 9.90 Å². The Bertz CT molecular complexity index is 311. The summed E-state index contributed by atoms with van der Waals surface area (Å²) in [6, 6.07) is -0.109. The first-order valence-electron chi connectivity index (χ1n) is 7.34. The normalized spacial score (nSPS) is 15.8. The Balaban J connectivity index is 2.12. The summed E-state index contributed by atoms with van der Waals surface area (Å²) in [5.41, 5.74) is 1.42. The van der Waals surface area contributed by atoms with Crippen molar-refractivity contribution in [2.45, 2.75) is 52.4 Å². The molecule has 19 heavy (non-hydrogen) atoms. The minimum atomic E-state index is -0.109. The van der Waals surface area contributed by atoms with Crippen LogP contribution in [0.25, 0.3) is 0 Å². The number of urea groups is 1. The molecule has 3 N–H and O–H groups in total. The molecule has 4 nitrogen and oxygen atoms in total. The third kappa shape index (κ3) is 7.21. The molecule has 2 amide bonds. The van der Waals surface area contributed by atoms with E-state index in [1.165, 1.54) is 31.3 Å². The lowest BCUT2D eigenvalue weighted by Gasteiger charge is -2.24. The lowest BCUT2D eigenvalue weighted by atomic mass is 9.90. The van der Waals surface area contributed by atoms with Gasteiger partial charge in [0.05, 0.1) is 0 Å². The number of nitrogens with one attached hydrogen (secondary N) is 2. The van der Waals surface area contributed by atoms with E-state index in [4.69, 9.17) is 5.11 Å². The number of hydrogen-bond acceptors (Lipinski definition) is 2. The van der Waals surface area contributed by atoms with E-state index in [2.05, 4.69) is 16.7 Å². The van der Waals surface area contributed by atoms with Gasteiger partial charge in [0.1, 0.15) is 0 Å². The number of aliphatic hydroxyl groups excluding tert-OH is 1. The number of aliphatic hydroxyl groups is 1. The molecule has 1 aliphatic rings. The van der Waals surface area contributed by atoms with Gasteiger partial charge < -0.3 is 15.7 Å². The SMILES string of the molecule is CC(C)(CCO)CNC(=O)NCCC1=CCCCC1. The summed E-state index contributed by atoms with van der Waals surface area (Å²) < 4.78 is 0. The van der Waals surface area contributed by atoms with Crippen molar-refractivity contribution in [3.8, 4) is 0 Å². The van der Waals surface area contributed by atoms with Crippen LogP contribution in [-0.2, 0) is 0 Å². The molecular weight excluding hydrogens is 240 g/mol. The first-order valence-corrected chi connectivity index (χ1v) is 7.34. The molecule has 1 rings (SSSR count). The molecule has 0 fully saturated rings. The predicted octanol–water partition coefficient (Wildman–Crippen LogP) is 2.58. The summed E-state index contributed by atoms with van der Waals surface area (Å²) in [4.78, 5) is 11.6. The monoisotopic (exact) mass is 268 g/mol. The molecule has 0 saturated carbocycles. The first kappa shape index (κ1) is 16.0. The van der Waals surface area contributed by atoms with Gasteiger partial charge in [-0.25, -0.2) is 4.79 Å². The first-order chi connectivity index (χ1) is 9.03. The van der Waals surface area contributed by atoms with Crippen molar-refractivity contribution in [2.75, 3.05) is 19.7 Å². The van der Waals surface area contributed by atoms with E-state index < -0.39 is 0 Å². The Morgan fingerprint density at radius 1 is 1.37 bits per heavy atom. The van der Waals surface area contributed by atoms with Crippen LogP contribution >= 0.6 is 0 Å². The van der Waals surface area contributed by atoms with Crippen LogP contribution in [-0.4, -0.2) is 30.8 Å². The molecule has 0 aromatic heterocycles. The molecule has 0 heterocycles. The van der Waals surface area contributed by atoms with Gasteiger partial charge >= 0.3 is 6.03 Å². The Morgan fingerprint density at radius 2 is 2.16 bits per heavy atom. The van der Waals surface area contributed by atoms with E-state index in [0.717, 1.165) is 6.42 Å². The topological polar surface area (TPSA) is 61.4 Å². The van der Waals surface area contributed by atoms with Crippen molar-refractivity contribution >= 4 is 6.03 Å². The summed E-state index contributed by atoms with van der Waals surface area (Å²) >= 11 is 0. The van der Waals surface area contributed by atoms with Crippen molar-refractivity contribution in [1.82, 2.24) is 10.6 Å². The van der Waals surface area contributed by atoms with Crippen LogP contribution in [0.5, 0.6) is 0 Å². The largest absolute Gasteiger partial charge is 0.396 e. The Labute approximate surface area is 116 Å². The molecule has 0 aliphatic heterocycles. The number of amides is 2. The molecule has 0 bridgehead atoms. The zero-order chi connectivity index (χ0) is 14.1. The van der Waals surface area contributed by atoms with Crippen LogP contribution < -0.4 is 10.6 Å². The fourth-order valence-corrected chi connectivity index (χ4v) is 2.24. The van der Waals surface area contributed by atoms with Crippen molar-refractivity contribution in [1.29, 1.82) is 0 Å². The number of rotatable bonds is 7. The molecule has 0 unspecified atom stereocenters. The average Bonchev–Trinajstić information content (AvgIpc) is 2.38. The van der Waals surface area contributed by atoms with Gasteiger partial charge in [-0.2, -0.15) is 0 Å².